The molecule has 2 aromatic rings. The minimum Gasteiger partial charge on any atom is -0.332 e. The Labute approximate surface area is 146 Å². The molecule has 1 amide bonds. The van der Waals surface area contributed by atoms with Gasteiger partial charge in [-0.3, -0.25) is 4.79 Å². The SMILES string of the molecule is O=C(c1cc(I)ccc1Br)N1CCCC1c1ccccc1. The number of nitrogens with zero attached hydrogens (tertiary/aromatic N) is 1. The maximum atomic E-state index is 12.9. The zero-order chi connectivity index (χ0) is 14.8. The third-order valence-electron chi connectivity index (χ3n) is 3.86. The molecule has 4 heteroatoms. The van der Waals surface area contributed by atoms with Gasteiger partial charge in [-0.2, -0.15) is 0 Å². The summed E-state index contributed by atoms with van der Waals surface area (Å²) in [7, 11) is 0. The third kappa shape index (κ3) is 3.16. The van der Waals surface area contributed by atoms with Crippen molar-refractivity contribution in [1.82, 2.24) is 4.90 Å². The van der Waals surface area contributed by atoms with Crippen LogP contribution in [0.1, 0.15) is 34.8 Å². The van der Waals surface area contributed by atoms with Crippen molar-refractivity contribution >= 4 is 44.4 Å². The largest absolute Gasteiger partial charge is 0.332 e. The standard InChI is InChI=1S/C17H15BrINO/c18-15-9-8-13(19)11-14(15)17(21)20-10-4-7-16(20)12-5-2-1-3-6-12/h1-3,5-6,8-9,11,16H,4,7,10H2. The molecule has 0 aliphatic carbocycles. The molecular weight excluding hydrogens is 441 g/mol. The summed E-state index contributed by atoms with van der Waals surface area (Å²) in [5.41, 5.74) is 1.98. The average molecular weight is 456 g/mol. The minimum absolute atomic E-state index is 0.117. The fraction of sp³-hybridized carbons (Fsp3) is 0.235. The quantitative estimate of drug-likeness (QED) is 0.581. The van der Waals surface area contributed by atoms with Crippen LogP contribution in [-0.4, -0.2) is 17.4 Å². The fourth-order valence-electron chi connectivity index (χ4n) is 2.85. The molecule has 1 saturated heterocycles. The topological polar surface area (TPSA) is 20.3 Å². The second-order valence-electron chi connectivity index (χ2n) is 5.19. The fourth-order valence-corrected chi connectivity index (χ4v) is 3.76. The van der Waals surface area contributed by atoms with E-state index in [2.05, 4.69) is 50.7 Å². The van der Waals surface area contributed by atoms with E-state index in [-0.39, 0.29) is 11.9 Å². The molecule has 1 fully saturated rings. The predicted octanol–water partition coefficient (Wildman–Crippen LogP) is 5.03. The van der Waals surface area contributed by atoms with E-state index in [1.54, 1.807) is 0 Å². The highest BCUT2D eigenvalue weighted by Crippen LogP contribution is 2.34. The molecule has 0 spiro atoms. The van der Waals surface area contributed by atoms with E-state index in [9.17, 15) is 4.79 Å². The van der Waals surface area contributed by atoms with E-state index < -0.39 is 0 Å². The second-order valence-corrected chi connectivity index (χ2v) is 7.29. The Morgan fingerprint density at radius 2 is 1.95 bits per heavy atom. The number of carbonyl (C=O) groups is 1. The summed E-state index contributed by atoms with van der Waals surface area (Å²) in [5, 5.41) is 0. The van der Waals surface area contributed by atoms with Gasteiger partial charge in [-0.25, -0.2) is 0 Å². The molecule has 21 heavy (non-hydrogen) atoms. The zero-order valence-electron chi connectivity index (χ0n) is 11.4. The monoisotopic (exact) mass is 455 g/mol. The number of likely N-dealkylation sites (tertiary alicyclic amines) is 1. The minimum atomic E-state index is 0.117. The Kier molecular flexibility index (Phi) is 4.64. The van der Waals surface area contributed by atoms with Crippen molar-refractivity contribution in [3.63, 3.8) is 0 Å². The predicted molar refractivity (Wildman–Crippen MR) is 96.3 cm³/mol. The molecule has 0 N–H and O–H groups in total. The first kappa shape index (κ1) is 15.0. The van der Waals surface area contributed by atoms with Gasteiger partial charge in [0.1, 0.15) is 0 Å². The molecule has 0 saturated carbocycles. The third-order valence-corrected chi connectivity index (χ3v) is 5.22. The van der Waals surface area contributed by atoms with Crippen molar-refractivity contribution in [1.29, 1.82) is 0 Å². The van der Waals surface area contributed by atoms with Crippen molar-refractivity contribution < 1.29 is 4.79 Å². The lowest BCUT2D eigenvalue weighted by molar-refractivity contribution is 0.0734. The van der Waals surface area contributed by atoms with Gasteiger partial charge in [-0.15, -0.1) is 0 Å². The molecule has 1 heterocycles. The Morgan fingerprint density at radius 1 is 1.19 bits per heavy atom. The number of amides is 1. The number of hydrogen-bond donors (Lipinski definition) is 0. The van der Waals surface area contributed by atoms with E-state index in [0.29, 0.717) is 0 Å². The second kappa shape index (κ2) is 6.48. The summed E-state index contributed by atoms with van der Waals surface area (Å²) in [4.78, 5) is 14.9. The Hall–Kier alpha value is -0.880. The molecule has 0 radical (unpaired) electrons. The first-order valence-electron chi connectivity index (χ1n) is 6.98. The molecule has 2 aromatic carbocycles. The van der Waals surface area contributed by atoms with Crippen molar-refractivity contribution in [3.05, 3.63) is 67.7 Å². The maximum Gasteiger partial charge on any atom is 0.255 e. The summed E-state index contributed by atoms with van der Waals surface area (Å²) in [6.45, 7) is 0.830. The van der Waals surface area contributed by atoms with Crippen LogP contribution in [0.2, 0.25) is 0 Å². The average Bonchev–Trinajstić information content (AvgIpc) is 2.99. The highest BCUT2D eigenvalue weighted by molar-refractivity contribution is 14.1. The Morgan fingerprint density at radius 3 is 2.71 bits per heavy atom. The van der Waals surface area contributed by atoms with E-state index >= 15 is 0 Å². The molecule has 1 aliphatic rings. The number of rotatable bonds is 2. The molecule has 2 nitrogen and oxygen atoms in total. The van der Waals surface area contributed by atoms with Crippen molar-refractivity contribution in [2.75, 3.05) is 6.54 Å². The number of benzene rings is 2. The molecule has 1 atom stereocenters. The first-order chi connectivity index (χ1) is 10.2. The summed E-state index contributed by atoms with van der Waals surface area (Å²) in [6, 6.07) is 16.4. The summed E-state index contributed by atoms with van der Waals surface area (Å²) in [6.07, 6.45) is 2.10. The van der Waals surface area contributed by atoms with Crippen LogP contribution in [0.25, 0.3) is 0 Å². The highest BCUT2D eigenvalue weighted by atomic mass is 127. The van der Waals surface area contributed by atoms with E-state index in [1.807, 2.05) is 41.3 Å². The van der Waals surface area contributed by atoms with Crippen LogP contribution in [0, 0.1) is 3.57 Å². The van der Waals surface area contributed by atoms with Crippen LogP contribution in [0.15, 0.2) is 53.0 Å². The molecule has 0 aromatic heterocycles. The zero-order valence-corrected chi connectivity index (χ0v) is 15.2. The van der Waals surface area contributed by atoms with Crippen LogP contribution in [0.3, 0.4) is 0 Å². The Balaban J connectivity index is 1.92. The summed E-state index contributed by atoms with van der Waals surface area (Å²) < 4.78 is 1.95. The lowest BCUT2D eigenvalue weighted by Crippen LogP contribution is -2.30. The van der Waals surface area contributed by atoms with Crippen molar-refractivity contribution in [2.45, 2.75) is 18.9 Å². The molecule has 0 bridgehead atoms. The van der Waals surface area contributed by atoms with Crippen LogP contribution in [0.5, 0.6) is 0 Å². The maximum absolute atomic E-state index is 12.9. The summed E-state index contributed by atoms with van der Waals surface area (Å²) in [5.74, 6) is 0.117. The van der Waals surface area contributed by atoms with E-state index in [4.69, 9.17) is 0 Å². The van der Waals surface area contributed by atoms with Crippen molar-refractivity contribution in [2.24, 2.45) is 0 Å². The number of halogens is 2. The van der Waals surface area contributed by atoms with Gasteiger partial charge in [0.05, 0.1) is 11.6 Å². The van der Waals surface area contributed by atoms with Gasteiger partial charge in [0.15, 0.2) is 0 Å². The van der Waals surface area contributed by atoms with Gasteiger partial charge in [-0.05, 0) is 75.1 Å². The molecule has 1 unspecified atom stereocenters. The van der Waals surface area contributed by atoms with E-state index in [0.717, 1.165) is 33.0 Å². The smallest absolute Gasteiger partial charge is 0.255 e. The normalized spacial score (nSPS) is 18.0. The lowest BCUT2D eigenvalue weighted by atomic mass is 10.0. The van der Waals surface area contributed by atoms with Gasteiger partial charge in [0.2, 0.25) is 0 Å². The van der Waals surface area contributed by atoms with Gasteiger partial charge in [-0.1, -0.05) is 30.3 Å². The van der Waals surface area contributed by atoms with Gasteiger partial charge in [0.25, 0.3) is 5.91 Å². The Bertz CT molecular complexity index is 659. The van der Waals surface area contributed by atoms with E-state index in [1.165, 1.54) is 5.56 Å². The summed E-state index contributed by atoms with van der Waals surface area (Å²) >= 11 is 5.75. The molecule has 3 rings (SSSR count). The van der Waals surface area contributed by atoms with Crippen LogP contribution < -0.4 is 0 Å². The van der Waals surface area contributed by atoms with Crippen LogP contribution >= 0.6 is 38.5 Å². The van der Waals surface area contributed by atoms with Crippen LogP contribution in [-0.2, 0) is 0 Å². The van der Waals surface area contributed by atoms with Crippen molar-refractivity contribution in [3.8, 4) is 0 Å². The molecule has 108 valence electrons. The van der Waals surface area contributed by atoms with Gasteiger partial charge < -0.3 is 4.90 Å². The van der Waals surface area contributed by atoms with Crippen LogP contribution in [0.4, 0.5) is 0 Å². The number of carbonyl (C=O) groups excluding carboxylic acids is 1. The molecular formula is C17H15BrINO. The number of hydrogen-bond acceptors (Lipinski definition) is 1. The molecule has 1 aliphatic heterocycles. The van der Waals surface area contributed by atoms with Gasteiger partial charge >= 0.3 is 0 Å². The van der Waals surface area contributed by atoms with Gasteiger partial charge in [0, 0.05) is 14.6 Å². The lowest BCUT2D eigenvalue weighted by Gasteiger charge is -2.25. The highest BCUT2D eigenvalue weighted by Gasteiger charge is 2.31. The first-order valence-corrected chi connectivity index (χ1v) is 8.85.